The lowest BCUT2D eigenvalue weighted by Crippen LogP contribution is -2.41. The standard InChI is InChI=1S/C37H31BO3/c1-35(2)36(3,4)41-38(40-35)26-19-20-33-29(21-26)30-22-28-27-17-11-12-18-31(27)37(24-13-7-5-8-14-24,25-15-9-6-10-16-25)32(28)23-34(30)39-33/h5-23H,1-4H3. The van der Waals surface area contributed by atoms with Crippen molar-refractivity contribution in [2.24, 2.45) is 0 Å². The van der Waals surface area contributed by atoms with E-state index in [9.17, 15) is 0 Å². The van der Waals surface area contributed by atoms with Gasteiger partial charge in [-0.25, -0.2) is 0 Å². The van der Waals surface area contributed by atoms with Gasteiger partial charge in [0.2, 0.25) is 0 Å². The van der Waals surface area contributed by atoms with Crippen molar-refractivity contribution in [3.05, 3.63) is 138 Å². The number of hydrogen-bond donors (Lipinski definition) is 0. The fourth-order valence-electron chi connectivity index (χ4n) is 6.85. The van der Waals surface area contributed by atoms with Gasteiger partial charge in [-0.1, -0.05) is 97.1 Å². The third kappa shape index (κ3) is 3.35. The molecule has 3 nitrogen and oxygen atoms in total. The molecule has 0 radical (unpaired) electrons. The van der Waals surface area contributed by atoms with Crippen molar-refractivity contribution >= 4 is 34.5 Å². The molecule has 2 aliphatic rings. The summed E-state index contributed by atoms with van der Waals surface area (Å²) in [6, 6.07) is 41.5. The van der Waals surface area contributed by atoms with E-state index >= 15 is 0 Å². The highest BCUT2D eigenvalue weighted by Gasteiger charge is 2.52. The quantitative estimate of drug-likeness (QED) is 0.214. The third-order valence-electron chi connectivity index (χ3n) is 9.60. The Bertz CT molecular complexity index is 1900. The van der Waals surface area contributed by atoms with Crippen molar-refractivity contribution < 1.29 is 13.7 Å². The molecule has 0 N–H and O–H groups in total. The fraction of sp³-hybridized carbons (Fsp3) is 0.189. The first kappa shape index (κ1) is 24.7. The van der Waals surface area contributed by atoms with Gasteiger partial charge in [0.05, 0.1) is 16.6 Å². The summed E-state index contributed by atoms with van der Waals surface area (Å²) >= 11 is 0. The van der Waals surface area contributed by atoms with Crippen LogP contribution in [0.25, 0.3) is 33.1 Å². The number of furan rings is 1. The van der Waals surface area contributed by atoms with Crippen LogP contribution in [0.1, 0.15) is 49.9 Å². The summed E-state index contributed by atoms with van der Waals surface area (Å²) in [5.41, 5.74) is 9.04. The van der Waals surface area contributed by atoms with E-state index in [2.05, 4.69) is 143 Å². The lowest BCUT2D eigenvalue weighted by atomic mass is 9.67. The largest absolute Gasteiger partial charge is 0.494 e. The molecule has 1 aliphatic carbocycles. The zero-order valence-electron chi connectivity index (χ0n) is 23.8. The van der Waals surface area contributed by atoms with Crippen LogP contribution in [0.2, 0.25) is 0 Å². The molecule has 1 saturated heterocycles. The Balaban J connectivity index is 1.39. The summed E-state index contributed by atoms with van der Waals surface area (Å²) in [6.07, 6.45) is 0. The summed E-state index contributed by atoms with van der Waals surface area (Å²) in [7, 11) is -0.423. The van der Waals surface area contributed by atoms with Gasteiger partial charge >= 0.3 is 7.12 Å². The van der Waals surface area contributed by atoms with Gasteiger partial charge in [-0.2, -0.15) is 0 Å². The van der Waals surface area contributed by atoms with Crippen LogP contribution in [0.4, 0.5) is 0 Å². The molecule has 8 rings (SSSR count). The maximum absolute atomic E-state index is 6.56. The summed E-state index contributed by atoms with van der Waals surface area (Å²) in [6.45, 7) is 8.35. The van der Waals surface area contributed by atoms with Gasteiger partial charge in [-0.05, 0) is 84.7 Å². The van der Waals surface area contributed by atoms with Crippen LogP contribution in [0.5, 0.6) is 0 Å². The predicted molar refractivity (Wildman–Crippen MR) is 167 cm³/mol. The summed E-state index contributed by atoms with van der Waals surface area (Å²) in [5.74, 6) is 0. The van der Waals surface area contributed by atoms with Gasteiger partial charge in [0.15, 0.2) is 0 Å². The second-order valence-corrected chi connectivity index (χ2v) is 12.4. The molecule has 41 heavy (non-hydrogen) atoms. The molecule has 1 aromatic heterocycles. The molecule has 4 heteroatoms. The second-order valence-electron chi connectivity index (χ2n) is 12.4. The van der Waals surface area contributed by atoms with Gasteiger partial charge in [-0.15, -0.1) is 0 Å². The maximum atomic E-state index is 6.56. The van der Waals surface area contributed by atoms with Crippen molar-refractivity contribution in [2.45, 2.75) is 44.3 Å². The van der Waals surface area contributed by atoms with Crippen molar-refractivity contribution in [1.82, 2.24) is 0 Å². The Hall–Kier alpha value is -4.12. The Morgan fingerprint density at radius 2 is 1.10 bits per heavy atom. The minimum Gasteiger partial charge on any atom is -0.456 e. The van der Waals surface area contributed by atoms with Crippen LogP contribution in [-0.2, 0) is 14.7 Å². The maximum Gasteiger partial charge on any atom is 0.494 e. The molecule has 0 bridgehead atoms. The monoisotopic (exact) mass is 534 g/mol. The van der Waals surface area contributed by atoms with Gasteiger partial charge in [-0.3, -0.25) is 0 Å². The Kier molecular flexibility index (Phi) is 5.08. The minimum atomic E-state index is -0.449. The van der Waals surface area contributed by atoms with Crippen LogP contribution in [0.3, 0.4) is 0 Å². The normalized spacial score (nSPS) is 18.1. The molecule has 6 aromatic rings. The minimum absolute atomic E-state index is 0.395. The first-order chi connectivity index (χ1) is 19.8. The number of rotatable bonds is 3. The van der Waals surface area contributed by atoms with Crippen molar-refractivity contribution in [1.29, 1.82) is 0 Å². The highest BCUT2D eigenvalue weighted by atomic mass is 16.7. The average molecular weight is 534 g/mol. The molecule has 5 aromatic carbocycles. The lowest BCUT2D eigenvalue weighted by Gasteiger charge is -2.33. The molecule has 0 saturated carbocycles. The highest BCUT2D eigenvalue weighted by Crippen LogP contribution is 2.57. The zero-order chi connectivity index (χ0) is 28.0. The van der Waals surface area contributed by atoms with E-state index < -0.39 is 23.7 Å². The van der Waals surface area contributed by atoms with E-state index in [0.717, 1.165) is 27.4 Å². The highest BCUT2D eigenvalue weighted by molar-refractivity contribution is 6.62. The predicted octanol–water partition coefficient (Wildman–Crippen LogP) is 8.25. The summed E-state index contributed by atoms with van der Waals surface area (Å²) < 4.78 is 19.3. The molecule has 2 heterocycles. The number of benzene rings is 5. The number of hydrogen-bond acceptors (Lipinski definition) is 3. The molecule has 0 atom stereocenters. The number of fused-ring (bicyclic) bond motifs is 6. The van der Waals surface area contributed by atoms with Gasteiger partial charge < -0.3 is 13.7 Å². The molecule has 0 spiro atoms. The Morgan fingerprint density at radius 1 is 0.512 bits per heavy atom. The van der Waals surface area contributed by atoms with Gasteiger partial charge in [0.1, 0.15) is 11.2 Å². The van der Waals surface area contributed by atoms with Crippen LogP contribution in [0.15, 0.2) is 120 Å². The van der Waals surface area contributed by atoms with E-state index in [4.69, 9.17) is 13.7 Å². The topological polar surface area (TPSA) is 31.6 Å². The van der Waals surface area contributed by atoms with Crippen LogP contribution < -0.4 is 5.46 Å². The van der Waals surface area contributed by atoms with Crippen LogP contribution >= 0.6 is 0 Å². The molecule has 0 unspecified atom stereocenters. The van der Waals surface area contributed by atoms with E-state index in [1.807, 2.05) is 0 Å². The SMILES string of the molecule is CC1(C)OB(c2ccc3oc4cc5c(cc4c3c2)-c2ccccc2C5(c2ccccc2)c2ccccc2)OC1(C)C. The van der Waals surface area contributed by atoms with E-state index in [1.165, 1.54) is 33.4 Å². The smallest absolute Gasteiger partial charge is 0.456 e. The molecular weight excluding hydrogens is 503 g/mol. The average Bonchev–Trinajstić information content (AvgIpc) is 3.56. The van der Waals surface area contributed by atoms with E-state index in [0.29, 0.717) is 0 Å². The van der Waals surface area contributed by atoms with Crippen LogP contribution in [0, 0.1) is 0 Å². The van der Waals surface area contributed by atoms with E-state index in [1.54, 1.807) is 0 Å². The Labute approximate surface area is 240 Å². The Morgan fingerprint density at radius 3 is 1.76 bits per heavy atom. The molecule has 200 valence electrons. The zero-order valence-corrected chi connectivity index (χ0v) is 23.8. The summed E-state index contributed by atoms with van der Waals surface area (Å²) in [4.78, 5) is 0. The molecular formula is C37H31BO3. The summed E-state index contributed by atoms with van der Waals surface area (Å²) in [5, 5.41) is 2.17. The second kappa shape index (κ2) is 8.45. The first-order valence-corrected chi connectivity index (χ1v) is 14.4. The van der Waals surface area contributed by atoms with Gasteiger partial charge in [0, 0.05) is 10.8 Å². The van der Waals surface area contributed by atoms with Crippen molar-refractivity contribution in [3.8, 4) is 11.1 Å². The molecule has 1 aliphatic heterocycles. The fourth-order valence-corrected chi connectivity index (χ4v) is 6.85. The molecule has 0 amide bonds. The van der Waals surface area contributed by atoms with Crippen molar-refractivity contribution in [3.63, 3.8) is 0 Å². The molecule has 1 fully saturated rings. The van der Waals surface area contributed by atoms with Crippen molar-refractivity contribution in [2.75, 3.05) is 0 Å². The van der Waals surface area contributed by atoms with Gasteiger partial charge in [0.25, 0.3) is 0 Å². The van der Waals surface area contributed by atoms with Crippen LogP contribution in [-0.4, -0.2) is 18.3 Å². The first-order valence-electron chi connectivity index (χ1n) is 14.4. The van der Waals surface area contributed by atoms with E-state index in [-0.39, 0.29) is 0 Å². The lowest BCUT2D eigenvalue weighted by molar-refractivity contribution is 0.00578. The third-order valence-corrected chi connectivity index (χ3v) is 9.60.